The van der Waals surface area contributed by atoms with Crippen LogP contribution in [0.5, 0.6) is 0 Å². The van der Waals surface area contributed by atoms with Gasteiger partial charge in [-0.2, -0.15) is 0 Å². The Morgan fingerprint density at radius 2 is 0.877 bits per heavy atom. The van der Waals surface area contributed by atoms with Gasteiger partial charge in [-0.25, -0.2) is 0 Å². The van der Waals surface area contributed by atoms with Crippen LogP contribution in [0.15, 0.2) is 24.3 Å². The van der Waals surface area contributed by atoms with Gasteiger partial charge >= 0.3 is 5.97 Å². The SMILES string of the molecule is CCCCC/C=C\C/C=C\CCCCCCCCCC(=O)OCCCCCCCCCCCCCCC(=O)NC(CO)C(O)CCCCCCCCCCCCC. The summed E-state index contributed by atoms with van der Waals surface area (Å²) in [5.41, 5.74) is 0. The van der Waals surface area contributed by atoms with Crippen LogP contribution in [0, 0.1) is 0 Å². The lowest BCUT2D eigenvalue weighted by atomic mass is 10.0. The van der Waals surface area contributed by atoms with Gasteiger partial charge in [0, 0.05) is 12.8 Å². The first kappa shape index (κ1) is 55.3. The van der Waals surface area contributed by atoms with E-state index in [0.29, 0.717) is 25.9 Å². The van der Waals surface area contributed by atoms with Gasteiger partial charge in [0.25, 0.3) is 0 Å². The van der Waals surface area contributed by atoms with Crippen LogP contribution in [0.4, 0.5) is 0 Å². The summed E-state index contributed by atoms with van der Waals surface area (Å²) in [6, 6.07) is -0.552. The van der Waals surface area contributed by atoms with Crippen molar-refractivity contribution in [1.29, 1.82) is 0 Å². The molecule has 0 aromatic rings. The van der Waals surface area contributed by atoms with Gasteiger partial charge in [0.1, 0.15) is 0 Å². The summed E-state index contributed by atoms with van der Waals surface area (Å²) in [6.45, 7) is 4.88. The molecule has 3 N–H and O–H groups in total. The molecule has 0 radical (unpaired) electrons. The number of hydrogen-bond acceptors (Lipinski definition) is 5. The average molecular weight is 804 g/mol. The molecule has 57 heavy (non-hydrogen) atoms. The number of ether oxygens (including phenoxy) is 1. The number of aliphatic hydroxyl groups is 2. The molecule has 2 atom stereocenters. The third-order valence-corrected chi connectivity index (χ3v) is 11.5. The molecule has 0 fully saturated rings. The Morgan fingerprint density at radius 3 is 1.37 bits per heavy atom. The third kappa shape index (κ3) is 43.7. The molecule has 0 aromatic carbocycles. The molecule has 0 saturated carbocycles. The van der Waals surface area contributed by atoms with Crippen molar-refractivity contribution < 1.29 is 24.5 Å². The van der Waals surface area contributed by atoms with E-state index in [9.17, 15) is 19.8 Å². The summed E-state index contributed by atoms with van der Waals surface area (Å²) in [5.74, 6) is -0.0698. The van der Waals surface area contributed by atoms with Gasteiger partial charge in [-0.1, -0.05) is 218 Å². The van der Waals surface area contributed by atoms with Crippen LogP contribution in [-0.2, 0) is 14.3 Å². The first-order chi connectivity index (χ1) is 28.0. The van der Waals surface area contributed by atoms with Gasteiger partial charge in [0.2, 0.25) is 5.91 Å². The second kappa shape index (κ2) is 47.0. The van der Waals surface area contributed by atoms with Crippen LogP contribution in [0.2, 0.25) is 0 Å². The van der Waals surface area contributed by atoms with Gasteiger partial charge < -0.3 is 20.3 Å². The minimum atomic E-state index is -0.673. The largest absolute Gasteiger partial charge is 0.466 e. The standard InChI is InChI=1S/C51H97NO5/c1-3-5-7-9-11-13-15-16-17-18-19-20-25-29-33-37-41-45-51(56)57-46-42-38-34-30-26-22-21-24-28-32-36-40-44-50(55)52-48(47-53)49(54)43-39-35-31-27-23-14-12-10-8-6-4-2/h11,13,16-17,48-49,53-54H,3-10,12,14-15,18-47H2,1-2H3,(H,52,55)/b13-11-,17-16-. The second-order valence-corrected chi connectivity index (χ2v) is 17.1. The number of esters is 1. The topological polar surface area (TPSA) is 95.9 Å². The Hall–Kier alpha value is -1.66. The predicted molar refractivity (Wildman–Crippen MR) is 246 cm³/mol. The Labute approximate surface area is 354 Å². The van der Waals surface area contributed by atoms with Gasteiger partial charge in [-0.05, 0) is 57.8 Å². The molecule has 1 amide bonds. The molecule has 0 aliphatic carbocycles. The highest BCUT2D eigenvalue weighted by atomic mass is 16.5. The Kier molecular flexibility index (Phi) is 45.7. The van der Waals surface area contributed by atoms with Crippen molar-refractivity contribution >= 4 is 11.9 Å². The molecule has 0 spiro atoms. The summed E-state index contributed by atoms with van der Waals surface area (Å²) in [4.78, 5) is 24.4. The molecule has 6 nitrogen and oxygen atoms in total. The third-order valence-electron chi connectivity index (χ3n) is 11.5. The predicted octanol–water partition coefficient (Wildman–Crippen LogP) is 14.7. The lowest BCUT2D eigenvalue weighted by molar-refractivity contribution is -0.143. The van der Waals surface area contributed by atoms with E-state index in [2.05, 4.69) is 43.5 Å². The highest BCUT2D eigenvalue weighted by Gasteiger charge is 2.20. The van der Waals surface area contributed by atoms with E-state index >= 15 is 0 Å². The molecular formula is C51H97NO5. The number of rotatable bonds is 46. The summed E-state index contributed by atoms with van der Waals surface area (Å²) in [7, 11) is 0. The fourth-order valence-electron chi connectivity index (χ4n) is 7.61. The molecule has 0 aliphatic heterocycles. The van der Waals surface area contributed by atoms with E-state index < -0.39 is 12.1 Å². The minimum Gasteiger partial charge on any atom is -0.466 e. The maximum absolute atomic E-state index is 12.4. The average Bonchev–Trinajstić information content (AvgIpc) is 3.21. The van der Waals surface area contributed by atoms with E-state index in [0.717, 1.165) is 64.2 Å². The Morgan fingerprint density at radius 1 is 0.491 bits per heavy atom. The number of aliphatic hydroxyl groups excluding tert-OH is 2. The van der Waals surface area contributed by atoms with E-state index in [1.54, 1.807) is 0 Å². The first-order valence-corrected chi connectivity index (χ1v) is 25.1. The number of unbranched alkanes of at least 4 members (excludes halogenated alkanes) is 31. The number of allylic oxidation sites excluding steroid dienone is 4. The van der Waals surface area contributed by atoms with Crippen LogP contribution in [0.25, 0.3) is 0 Å². The molecule has 336 valence electrons. The van der Waals surface area contributed by atoms with E-state index in [4.69, 9.17) is 4.74 Å². The number of hydrogen-bond donors (Lipinski definition) is 3. The summed E-state index contributed by atoms with van der Waals surface area (Å²) >= 11 is 0. The maximum Gasteiger partial charge on any atom is 0.305 e. The quantitative estimate of drug-likeness (QED) is 0.0324. The second-order valence-electron chi connectivity index (χ2n) is 17.1. The zero-order valence-corrected chi connectivity index (χ0v) is 38.1. The molecule has 6 heteroatoms. The Bertz CT molecular complexity index is 889. The van der Waals surface area contributed by atoms with Crippen molar-refractivity contribution in [3.63, 3.8) is 0 Å². The van der Waals surface area contributed by atoms with Crippen LogP contribution < -0.4 is 5.32 Å². The maximum atomic E-state index is 12.4. The molecule has 0 aliphatic rings. The molecule has 0 heterocycles. The molecule has 0 bridgehead atoms. The van der Waals surface area contributed by atoms with Crippen LogP contribution in [0.3, 0.4) is 0 Å². The lowest BCUT2D eigenvalue weighted by Gasteiger charge is -2.22. The van der Waals surface area contributed by atoms with Crippen molar-refractivity contribution in [2.75, 3.05) is 13.2 Å². The zero-order chi connectivity index (χ0) is 41.5. The number of carbonyl (C=O) groups is 2. The first-order valence-electron chi connectivity index (χ1n) is 25.1. The van der Waals surface area contributed by atoms with Crippen molar-refractivity contribution in [1.82, 2.24) is 5.32 Å². The Balaban J connectivity index is 3.45. The minimum absolute atomic E-state index is 0.0174. The summed E-state index contributed by atoms with van der Waals surface area (Å²) < 4.78 is 5.46. The fourth-order valence-corrected chi connectivity index (χ4v) is 7.61. The highest BCUT2D eigenvalue weighted by molar-refractivity contribution is 5.76. The van der Waals surface area contributed by atoms with Crippen molar-refractivity contribution in [3.8, 4) is 0 Å². The van der Waals surface area contributed by atoms with Crippen molar-refractivity contribution in [3.05, 3.63) is 24.3 Å². The van der Waals surface area contributed by atoms with E-state index in [-0.39, 0.29) is 18.5 Å². The monoisotopic (exact) mass is 804 g/mol. The normalized spacial score (nSPS) is 12.8. The molecule has 0 rings (SSSR count). The zero-order valence-electron chi connectivity index (χ0n) is 38.1. The molecular weight excluding hydrogens is 707 g/mol. The number of carbonyl (C=O) groups excluding carboxylic acids is 2. The number of amides is 1. The van der Waals surface area contributed by atoms with E-state index in [1.807, 2.05) is 0 Å². The van der Waals surface area contributed by atoms with Gasteiger partial charge in [-0.15, -0.1) is 0 Å². The highest BCUT2D eigenvalue weighted by Crippen LogP contribution is 2.16. The smallest absolute Gasteiger partial charge is 0.305 e. The molecule has 0 aromatic heterocycles. The van der Waals surface area contributed by atoms with E-state index in [1.165, 1.54) is 167 Å². The lowest BCUT2D eigenvalue weighted by Crippen LogP contribution is -2.45. The van der Waals surface area contributed by atoms with Gasteiger partial charge in [-0.3, -0.25) is 9.59 Å². The molecule has 0 saturated heterocycles. The van der Waals surface area contributed by atoms with Crippen LogP contribution >= 0.6 is 0 Å². The van der Waals surface area contributed by atoms with Crippen LogP contribution in [0.1, 0.15) is 264 Å². The van der Waals surface area contributed by atoms with Crippen molar-refractivity contribution in [2.45, 2.75) is 276 Å². The van der Waals surface area contributed by atoms with Gasteiger partial charge in [0.15, 0.2) is 0 Å². The molecule has 2 unspecified atom stereocenters. The van der Waals surface area contributed by atoms with Gasteiger partial charge in [0.05, 0.1) is 25.4 Å². The van der Waals surface area contributed by atoms with Crippen molar-refractivity contribution in [2.24, 2.45) is 0 Å². The number of nitrogens with one attached hydrogen (secondary N) is 1. The van der Waals surface area contributed by atoms with Crippen LogP contribution in [-0.4, -0.2) is 47.4 Å². The summed E-state index contributed by atoms with van der Waals surface area (Å²) in [6.07, 6.45) is 54.2. The summed E-state index contributed by atoms with van der Waals surface area (Å²) in [5, 5.41) is 23.1. The fraction of sp³-hybridized carbons (Fsp3) is 0.882.